The van der Waals surface area contributed by atoms with E-state index in [-0.39, 0.29) is 11.3 Å². The van der Waals surface area contributed by atoms with E-state index in [0.717, 1.165) is 10.2 Å². The second-order valence-electron chi connectivity index (χ2n) is 4.90. The van der Waals surface area contributed by atoms with E-state index in [9.17, 15) is 4.79 Å². The van der Waals surface area contributed by atoms with Crippen molar-refractivity contribution in [3.63, 3.8) is 0 Å². The van der Waals surface area contributed by atoms with Crippen molar-refractivity contribution in [2.45, 2.75) is 27.7 Å². The van der Waals surface area contributed by atoms with E-state index in [1.54, 1.807) is 12.1 Å². The Kier molecular flexibility index (Phi) is 4.46. The van der Waals surface area contributed by atoms with Crippen LogP contribution in [0.15, 0.2) is 33.8 Å². The van der Waals surface area contributed by atoms with Gasteiger partial charge in [0.2, 0.25) is 0 Å². The maximum Gasteiger partial charge on any atom is 0.271 e. The Bertz CT molecular complexity index is 430. The van der Waals surface area contributed by atoms with Gasteiger partial charge in [0, 0.05) is 21.2 Å². The molecule has 1 aromatic rings. The molecule has 0 aromatic heterocycles. The van der Waals surface area contributed by atoms with E-state index < -0.39 is 0 Å². The van der Waals surface area contributed by atoms with Crippen LogP contribution < -0.4 is 5.43 Å². The quantitative estimate of drug-likeness (QED) is 0.657. The fraction of sp³-hybridized carbons (Fsp3) is 0.385. The van der Waals surface area contributed by atoms with E-state index in [1.807, 2.05) is 19.1 Å². The maximum absolute atomic E-state index is 11.8. The predicted molar refractivity (Wildman–Crippen MR) is 74.2 cm³/mol. The van der Waals surface area contributed by atoms with Crippen LogP contribution in [0.1, 0.15) is 38.1 Å². The predicted octanol–water partition coefficient (Wildman–Crippen LogP) is 3.60. The van der Waals surface area contributed by atoms with Gasteiger partial charge in [0.15, 0.2) is 0 Å². The van der Waals surface area contributed by atoms with Gasteiger partial charge in [0.05, 0.1) is 0 Å². The van der Waals surface area contributed by atoms with Crippen LogP contribution in [-0.4, -0.2) is 11.6 Å². The third-order valence-corrected chi connectivity index (χ3v) is 3.05. The second kappa shape index (κ2) is 5.45. The standard InChI is InChI=1S/C13H17BrN2O/c1-9(13(2,3)4)15-16-12(17)10-5-7-11(14)8-6-10/h5-8H,1-4H3,(H,16,17)/b15-9-. The Labute approximate surface area is 110 Å². The fourth-order valence-corrected chi connectivity index (χ4v) is 1.23. The van der Waals surface area contributed by atoms with Crippen molar-refractivity contribution in [1.29, 1.82) is 0 Å². The van der Waals surface area contributed by atoms with Crippen LogP contribution >= 0.6 is 15.9 Å². The number of hydrogen-bond acceptors (Lipinski definition) is 2. The lowest BCUT2D eigenvalue weighted by Crippen LogP contribution is -2.24. The summed E-state index contributed by atoms with van der Waals surface area (Å²) in [5.41, 5.74) is 4.01. The molecule has 0 aliphatic rings. The molecule has 0 fully saturated rings. The molecule has 0 saturated carbocycles. The van der Waals surface area contributed by atoms with Crippen molar-refractivity contribution >= 4 is 27.5 Å². The van der Waals surface area contributed by atoms with Gasteiger partial charge < -0.3 is 0 Å². The molecule has 4 heteroatoms. The number of nitrogens with one attached hydrogen (secondary N) is 1. The molecule has 3 nitrogen and oxygen atoms in total. The van der Waals surface area contributed by atoms with Crippen molar-refractivity contribution < 1.29 is 4.79 Å². The fourth-order valence-electron chi connectivity index (χ4n) is 0.968. The number of amides is 1. The Balaban J connectivity index is 2.71. The molecule has 0 atom stereocenters. The molecule has 92 valence electrons. The van der Waals surface area contributed by atoms with E-state index >= 15 is 0 Å². The first kappa shape index (κ1) is 13.9. The molecule has 1 aromatic carbocycles. The van der Waals surface area contributed by atoms with Crippen molar-refractivity contribution in [2.75, 3.05) is 0 Å². The summed E-state index contributed by atoms with van der Waals surface area (Å²) in [6.07, 6.45) is 0. The molecule has 0 unspecified atom stereocenters. The van der Waals surface area contributed by atoms with Gasteiger partial charge in [-0.1, -0.05) is 36.7 Å². The third-order valence-electron chi connectivity index (χ3n) is 2.52. The second-order valence-corrected chi connectivity index (χ2v) is 5.81. The first-order chi connectivity index (χ1) is 7.80. The molecule has 0 bridgehead atoms. The van der Waals surface area contributed by atoms with Crippen LogP contribution in [0.2, 0.25) is 0 Å². The first-order valence-corrected chi connectivity index (χ1v) is 6.20. The average Bonchev–Trinajstić information content (AvgIpc) is 2.25. The molecular formula is C13H17BrN2O. The van der Waals surface area contributed by atoms with E-state index in [2.05, 4.69) is 47.2 Å². The number of benzene rings is 1. The monoisotopic (exact) mass is 296 g/mol. The van der Waals surface area contributed by atoms with Crippen LogP contribution in [-0.2, 0) is 0 Å². The van der Waals surface area contributed by atoms with Crippen molar-refractivity contribution in [1.82, 2.24) is 5.43 Å². The Morgan fingerprint density at radius 1 is 1.24 bits per heavy atom. The SMILES string of the molecule is C/C(=N/NC(=O)c1ccc(Br)cc1)C(C)(C)C. The number of nitrogens with zero attached hydrogens (tertiary/aromatic N) is 1. The molecule has 0 saturated heterocycles. The third kappa shape index (κ3) is 4.30. The highest BCUT2D eigenvalue weighted by Gasteiger charge is 2.14. The Morgan fingerprint density at radius 3 is 2.24 bits per heavy atom. The zero-order chi connectivity index (χ0) is 13.1. The molecule has 0 radical (unpaired) electrons. The smallest absolute Gasteiger partial charge is 0.267 e. The minimum atomic E-state index is -0.193. The van der Waals surface area contributed by atoms with Crippen LogP contribution in [0.4, 0.5) is 0 Å². The molecule has 0 aliphatic carbocycles. The van der Waals surface area contributed by atoms with Crippen molar-refractivity contribution in [2.24, 2.45) is 10.5 Å². The number of hydrogen-bond donors (Lipinski definition) is 1. The zero-order valence-corrected chi connectivity index (χ0v) is 12.1. The Morgan fingerprint density at radius 2 is 1.76 bits per heavy atom. The summed E-state index contributed by atoms with van der Waals surface area (Å²) in [7, 11) is 0. The van der Waals surface area contributed by atoms with Crippen LogP contribution in [0.5, 0.6) is 0 Å². The summed E-state index contributed by atoms with van der Waals surface area (Å²) in [5, 5.41) is 4.10. The van der Waals surface area contributed by atoms with Gasteiger partial charge in [0.1, 0.15) is 0 Å². The summed E-state index contributed by atoms with van der Waals surface area (Å²) in [6, 6.07) is 7.16. The molecule has 1 rings (SSSR count). The summed E-state index contributed by atoms with van der Waals surface area (Å²) in [6.45, 7) is 8.06. The van der Waals surface area contributed by atoms with E-state index in [4.69, 9.17) is 0 Å². The lowest BCUT2D eigenvalue weighted by Gasteiger charge is -2.17. The van der Waals surface area contributed by atoms with E-state index in [0.29, 0.717) is 5.56 Å². The summed E-state index contributed by atoms with van der Waals surface area (Å²) < 4.78 is 0.948. The lowest BCUT2D eigenvalue weighted by atomic mass is 9.91. The average molecular weight is 297 g/mol. The summed E-state index contributed by atoms with van der Waals surface area (Å²) in [5.74, 6) is -0.193. The maximum atomic E-state index is 11.8. The van der Waals surface area contributed by atoms with Gasteiger partial charge in [-0.05, 0) is 31.2 Å². The topological polar surface area (TPSA) is 41.5 Å². The van der Waals surface area contributed by atoms with Gasteiger partial charge in [-0.3, -0.25) is 4.79 Å². The molecule has 17 heavy (non-hydrogen) atoms. The molecule has 0 heterocycles. The van der Waals surface area contributed by atoms with Gasteiger partial charge in [-0.15, -0.1) is 0 Å². The van der Waals surface area contributed by atoms with Gasteiger partial charge in [0.25, 0.3) is 5.91 Å². The highest BCUT2D eigenvalue weighted by atomic mass is 79.9. The zero-order valence-electron chi connectivity index (χ0n) is 10.5. The van der Waals surface area contributed by atoms with Crippen LogP contribution in [0, 0.1) is 5.41 Å². The number of rotatable bonds is 2. The minimum Gasteiger partial charge on any atom is -0.267 e. The van der Waals surface area contributed by atoms with Crippen molar-refractivity contribution in [3.05, 3.63) is 34.3 Å². The van der Waals surface area contributed by atoms with Gasteiger partial charge >= 0.3 is 0 Å². The number of hydrazone groups is 1. The highest BCUT2D eigenvalue weighted by molar-refractivity contribution is 9.10. The van der Waals surface area contributed by atoms with Crippen LogP contribution in [0.3, 0.4) is 0 Å². The normalized spacial score (nSPS) is 12.4. The number of carbonyl (C=O) groups is 1. The first-order valence-electron chi connectivity index (χ1n) is 5.41. The minimum absolute atomic E-state index is 0.0347. The highest BCUT2D eigenvalue weighted by Crippen LogP contribution is 2.15. The van der Waals surface area contributed by atoms with Crippen molar-refractivity contribution in [3.8, 4) is 0 Å². The lowest BCUT2D eigenvalue weighted by molar-refractivity contribution is 0.0954. The number of carbonyl (C=O) groups excluding carboxylic acids is 1. The Hall–Kier alpha value is -1.16. The van der Waals surface area contributed by atoms with Gasteiger partial charge in [-0.2, -0.15) is 5.10 Å². The largest absolute Gasteiger partial charge is 0.271 e. The van der Waals surface area contributed by atoms with E-state index in [1.165, 1.54) is 0 Å². The molecular weight excluding hydrogens is 280 g/mol. The van der Waals surface area contributed by atoms with Gasteiger partial charge in [-0.25, -0.2) is 5.43 Å². The molecule has 0 aliphatic heterocycles. The molecule has 1 N–H and O–H groups in total. The summed E-state index contributed by atoms with van der Waals surface area (Å²) >= 11 is 3.32. The van der Waals surface area contributed by atoms with Crippen LogP contribution in [0.25, 0.3) is 0 Å². The molecule has 1 amide bonds. The number of halogens is 1. The molecule has 0 spiro atoms. The summed E-state index contributed by atoms with van der Waals surface area (Å²) in [4.78, 5) is 11.8.